The summed E-state index contributed by atoms with van der Waals surface area (Å²) >= 11 is 1.06. The maximum absolute atomic E-state index is 8.19. The third-order valence-corrected chi connectivity index (χ3v) is 0. The van der Waals surface area contributed by atoms with Crippen LogP contribution in [0.15, 0.2) is 0 Å². The van der Waals surface area contributed by atoms with Gasteiger partial charge < -0.3 is 0 Å². The molecule has 0 aromatic rings. The van der Waals surface area contributed by atoms with Gasteiger partial charge in [0.05, 0.1) is 0 Å². The maximum atomic E-state index is 8.19. The second kappa shape index (κ2) is 36.4. The zero-order chi connectivity index (χ0) is 2.00. The third-order valence-electron chi connectivity index (χ3n) is 0. The van der Waals surface area contributed by atoms with Gasteiger partial charge in [0.2, 0.25) is 0 Å². The summed E-state index contributed by atoms with van der Waals surface area (Å²) in [5.74, 6) is 0. The summed E-state index contributed by atoms with van der Waals surface area (Å²) in [7, 11) is 0. The first-order chi connectivity index (χ1) is 1.00. The standard InChI is InChI=1S/2Li.Ni.O.V.2H. The van der Waals surface area contributed by atoms with Crippen LogP contribution in [-0.4, -0.2) is 37.7 Å². The van der Waals surface area contributed by atoms with Crippen LogP contribution in [0.2, 0.25) is 0 Å². The van der Waals surface area contributed by atoms with Gasteiger partial charge in [-0.1, -0.05) is 0 Å². The molecule has 0 rings (SSSR count). The Morgan fingerprint density at radius 3 is 1.00 bits per heavy atom. The van der Waals surface area contributed by atoms with Gasteiger partial charge in [-0.25, -0.2) is 0 Å². The van der Waals surface area contributed by atoms with Crippen LogP contribution in [0.5, 0.6) is 0 Å². The van der Waals surface area contributed by atoms with Gasteiger partial charge in [-0.2, -0.15) is 0 Å². The molecule has 0 aromatic heterocycles. The zero-order valence-corrected chi connectivity index (χ0v) is 3.56. The van der Waals surface area contributed by atoms with E-state index in [2.05, 4.69) is 0 Å². The first-order valence-corrected chi connectivity index (χ1v) is 0.753. The van der Waals surface area contributed by atoms with Gasteiger partial charge in [0.15, 0.2) is 0 Å². The second-order valence-electron chi connectivity index (χ2n) is 0. The Hall–Kier alpha value is 2.07. The van der Waals surface area contributed by atoms with Crippen LogP contribution in [0.1, 0.15) is 0 Å². The molecule has 0 aliphatic carbocycles. The molecule has 5 heavy (non-hydrogen) atoms. The quantitative estimate of drug-likeness (QED) is 0.379. The molecular weight excluding hydrogens is 140 g/mol. The molecule has 0 saturated carbocycles. The molecule has 0 heterocycles. The van der Waals surface area contributed by atoms with Crippen LogP contribution in [0.25, 0.3) is 0 Å². The van der Waals surface area contributed by atoms with Crippen molar-refractivity contribution in [3.05, 3.63) is 0 Å². The van der Waals surface area contributed by atoms with E-state index in [-0.39, 0.29) is 54.2 Å². The first-order valence-electron chi connectivity index (χ1n) is 0.183. The molecule has 0 atom stereocenters. The van der Waals surface area contributed by atoms with Crippen molar-refractivity contribution in [1.82, 2.24) is 0 Å². The van der Waals surface area contributed by atoms with Crippen molar-refractivity contribution >= 4 is 37.7 Å². The summed E-state index contributed by atoms with van der Waals surface area (Å²) < 4.78 is 8.19. The summed E-state index contributed by atoms with van der Waals surface area (Å²) in [6, 6.07) is 0. The van der Waals surface area contributed by atoms with E-state index < -0.39 is 0 Å². The summed E-state index contributed by atoms with van der Waals surface area (Å²) in [5.41, 5.74) is 0. The van der Waals surface area contributed by atoms with Crippen molar-refractivity contribution in [3.8, 4) is 0 Å². The molecule has 0 unspecified atom stereocenters. The molecular formula is H2Li2NiOV. The van der Waals surface area contributed by atoms with E-state index in [1.165, 1.54) is 0 Å². The minimum absolute atomic E-state index is 0. The predicted octanol–water partition coefficient (Wildman–Crippen LogP) is -1.42. The van der Waals surface area contributed by atoms with Crippen molar-refractivity contribution in [1.29, 1.82) is 0 Å². The van der Waals surface area contributed by atoms with Gasteiger partial charge in [-0.05, 0) is 0 Å². The Bertz CT molecular complexity index is 9.61. The zero-order valence-electron chi connectivity index (χ0n) is 1.17. The average Bonchev–Trinajstić information content (AvgIpc) is 1.00. The van der Waals surface area contributed by atoms with Crippen molar-refractivity contribution in [3.63, 3.8) is 0 Å². The Labute approximate surface area is 74.5 Å². The average molecular weight is 142 g/mol. The number of rotatable bonds is 0. The fourth-order valence-electron chi connectivity index (χ4n) is 0. The topological polar surface area (TPSA) is 17.1 Å². The molecule has 0 aliphatic heterocycles. The van der Waals surface area contributed by atoms with Gasteiger partial charge in [0.25, 0.3) is 0 Å². The fraction of sp³-hybridized carbons (Fsp3) is 0. The third kappa shape index (κ3) is 23.4. The van der Waals surface area contributed by atoms with Gasteiger partial charge in [0.1, 0.15) is 0 Å². The normalized spacial score (nSPS) is 0.600. The van der Waals surface area contributed by atoms with Crippen LogP contribution in [0, 0.1) is 0 Å². The van der Waals surface area contributed by atoms with E-state index in [9.17, 15) is 0 Å². The van der Waals surface area contributed by atoms with Gasteiger partial charge in [0, 0.05) is 16.5 Å². The van der Waals surface area contributed by atoms with Crippen molar-refractivity contribution < 1.29 is 37.5 Å². The first kappa shape index (κ1) is 27.6. The van der Waals surface area contributed by atoms with Gasteiger partial charge >= 0.3 is 58.8 Å². The molecule has 0 amide bonds. The monoisotopic (exact) mass is 141 g/mol. The molecule has 1 nitrogen and oxygen atoms in total. The molecule has 0 saturated heterocycles. The summed E-state index contributed by atoms with van der Waals surface area (Å²) in [6.07, 6.45) is 0. The minimum atomic E-state index is 0. The van der Waals surface area contributed by atoms with Crippen molar-refractivity contribution in [2.45, 2.75) is 0 Å². The molecule has 5 heteroatoms. The summed E-state index contributed by atoms with van der Waals surface area (Å²) in [4.78, 5) is 0. The van der Waals surface area contributed by atoms with E-state index in [1.54, 1.807) is 0 Å². The Balaban J connectivity index is -0.00000000167. The van der Waals surface area contributed by atoms with Crippen molar-refractivity contribution in [2.75, 3.05) is 0 Å². The predicted molar refractivity (Wildman–Crippen MR) is 15.0 cm³/mol. The molecule has 0 aliphatic rings. The molecule has 0 N–H and O–H groups in total. The number of hydrogen-bond acceptors (Lipinski definition) is 1. The van der Waals surface area contributed by atoms with E-state index in [0.29, 0.717) is 0 Å². The Morgan fingerprint density at radius 1 is 1.00 bits per heavy atom. The van der Waals surface area contributed by atoms with E-state index in [0.717, 1.165) is 17.4 Å². The van der Waals surface area contributed by atoms with Gasteiger partial charge in [-0.3, -0.25) is 0 Å². The Kier molecular flexibility index (Phi) is 201. The van der Waals surface area contributed by atoms with E-state index in [4.69, 9.17) is 3.67 Å². The van der Waals surface area contributed by atoms with E-state index in [1.807, 2.05) is 0 Å². The van der Waals surface area contributed by atoms with Crippen molar-refractivity contribution in [2.24, 2.45) is 0 Å². The molecule has 0 fully saturated rings. The molecule has 0 bridgehead atoms. The second-order valence-corrected chi connectivity index (χ2v) is 0. The fourth-order valence-corrected chi connectivity index (χ4v) is 0. The molecule has 0 spiro atoms. The summed E-state index contributed by atoms with van der Waals surface area (Å²) in [5, 5.41) is 0. The number of hydrogen-bond donors (Lipinski definition) is 0. The summed E-state index contributed by atoms with van der Waals surface area (Å²) in [6.45, 7) is 0. The van der Waals surface area contributed by atoms with Crippen LogP contribution in [0.4, 0.5) is 0 Å². The molecule has 25 valence electrons. The molecule has 0 radical (unpaired) electrons. The van der Waals surface area contributed by atoms with Crippen LogP contribution < -0.4 is 0 Å². The van der Waals surface area contributed by atoms with Crippen LogP contribution in [0.3, 0.4) is 0 Å². The Morgan fingerprint density at radius 2 is 1.00 bits per heavy atom. The van der Waals surface area contributed by atoms with Gasteiger partial charge in [-0.15, -0.1) is 0 Å². The van der Waals surface area contributed by atoms with Crippen LogP contribution >= 0.6 is 0 Å². The molecule has 0 aromatic carbocycles. The van der Waals surface area contributed by atoms with Crippen LogP contribution in [-0.2, 0) is 37.5 Å². The van der Waals surface area contributed by atoms with E-state index >= 15 is 0 Å². The SMILES string of the molecule is [LiH].[LiH].[Ni].[O]=[V].